The Morgan fingerprint density at radius 2 is 2.10 bits per heavy atom. The van der Waals surface area contributed by atoms with Gasteiger partial charge in [-0.05, 0) is 59.1 Å². The Morgan fingerprint density at radius 3 is 2.90 bits per heavy atom. The fourth-order valence-corrected chi connectivity index (χ4v) is 3.33. The van der Waals surface area contributed by atoms with Gasteiger partial charge in [0.15, 0.2) is 0 Å². The minimum Gasteiger partial charge on any atom is -0.488 e. The van der Waals surface area contributed by atoms with Gasteiger partial charge in [-0.15, -0.1) is 0 Å². The van der Waals surface area contributed by atoms with Crippen LogP contribution < -0.4 is 10.1 Å². The molecule has 0 spiro atoms. The van der Waals surface area contributed by atoms with Crippen LogP contribution in [0.3, 0.4) is 0 Å². The Kier molecular flexibility index (Phi) is 4.14. The summed E-state index contributed by atoms with van der Waals surface area (Å²) in [5.41, 5.74) is 4.64. The van der Waals surface area contributed by atoms with Gasteiger partial charge in [-0.1, -0.05) is 29.3 Å². The van der Waals surface area contributed by atoms with Crippen molar-refractivity contribution in [3.05, 3.63) is 56.5 Å². The Morgan fingerprint density at radius 1 is 1.29 bits per heavy atom. The van der Waals surface area contributed by atoms with Gasteiger partial charge in [0, 0.05) is 15.9 Å². The summed E-state index contributed by atoms with van der Waals surface area (Å²) in [7, 11) is 0. The number of halogens is 2. The molecule has 2 aromatic rings. The summed E-state index contributed by atoms with van der Waals surface area (Å²) in [5.74, 6) is 1.01. The minimum absolute atomic E-state index is 0.161. The van der Waals surface area contributed by atoms with E-state index in [-0.39, 0.29) is 6.10 Å². The summed E-state index contributed by atoms with van der Waals surface area (Å²) in [6.07, 6.45) is 1.11. The second-order valence-electron chi connectivity index (χ2n) is 5.52. The van der Waals surface area contributed by atoms with Crippen molar-refractivity contribution in [3.8, 4) is 5.75 Å². The molecule has 1 heterocycles. The zero-order chi connectivity index (χ0) is 15.0. The molecule has 3 rings (SSSR count). The fourth-order valence-electron chi connectivity index (χ4n) is 2.57. The van der Waals surface area contributed by atoms with Crippen LogP contribution in [0.25, 0.3) is 0 Å². The monoisotopic (exact) mass is 365 g/mol. The van der Waals surface area contributed by atoms with Crippen molar-refractivity contribution in [3.63, 3.8) is 0 Å². The molecule has 0 radical (unpaired) electrons. The highest BCUT2D eigenvalue weighted by molar-refractivity contribution is 9.10. The molecule has 1 aliphatic heterocycles. The van der Waals surface area contributed by atoms with E-state index in [1.54, 1.807) is 0 Å². The zero-order valence-electron chi connectivity index (χ0n) is 12.0. The SMILES string of the molecule is Cc1ccc2c(c1)CC(CNc1cc(Cl)c(C)cc1Br)O2. The molecule has 0 saturated heterocycles. The maximum absolute atomic E-state index is 6.18. The van der Waals surface area contributed by atoms with E-state index in [0.717, 1.165) is 39.5 Å². The van der Waals surface area contributed by atoms with Crippen LogP contribution in [0.2, 0.25) is 5.02 Å². The minimum atomic E-state index is 0.161. The van der Waals surface area contributed by atoms with Gasteiger partial charge in [0.25, 0.3) is 0 Å². The molecule has 4 heteroatoms. The second kappa shape index (κ2) is 5.90. The normalized spacial score (nSPS) is 16.5. The molecular formula is C17H17BrClNO. The molecular weight excluding hydrogens is 350 g/mol. The van der Waals surface area contributed by atoms with Crippen molar-refractivity contribution in [1.82, 2.24) is 0 Å². The Hall–Kier alpha value is -1.19. The summed E-state index contributed by atoms with van der Waals surface area (Å²) in [6, 6.07) is 10.3. The summed E-state index contributed by atoms with van der Waals surface area (Å²) in [5, 5.41) is 4.19. The smallest absolute Gasteiger partial charge is 0.123 e. The maximum atomic E-state index is 6.18. The lowest BCUT2D eigenvalue weighted by Crippen LogP contribution is -2.24. The second-order valence-corrected chi connectivity index (χ2v) is 6.78. The van der Waals surface area contributed by atoms with Crippen LogP contribution in [-0.2, 0) is 6.42 Å². The van der Waals surface area contributed by atoms with Crippen LogP contribution in [-0.4, -0.2) is 12.6 Å². The Labute approximate surface area is 138 Å². The van der Waals surface area contributed by atoms with Gasteiger partial charge >= 0.3 is 0 Å². The predicted octanol–water partition coefficient (Wildman–Crippen LogP) is 5.13. The van der Waals surface area contributed by atoms with E-state index in [9.17, 15) is 0 Å². The standard InChI is InChI=1S/C17H17BrClNO/c1-10-3-4-17-12(5-10)7-13(21-17)9-20-16-8-15(19)11(2)6-14(16)18/h3-6,8,13,20H,7,9H2,1-2H3. The molecule has 0 fully saturated rings. The number of benzene rings is 2. The van der Waals surface area contributed by atoms with Gasteiger partial charge in [0.1, 0.15) is 11.9 Å². The number of fused-ring (bicyclic) bond motifs is 1. The molecule has 0 saturated carbocycles. The quantitative estimate of drug-likeness (QED) is 0.812. The van der Waals surface area contributed by atoms with E-state index in [1.165, 1.54) is 11.1 Å². The van der Waals surface area contributed by atoms with E-state index in [0.29, 0.717) is 0 Å². The topological polar surface area (TPSA) is 21.3 Å². The molecule has 0 aromatic heterocycles. The zero-order valence-corrected chi connectivity index (χ0v) is 14.4. The largest absolute Gasteiger partial charge is 0.488 e. The first-order valence-electron chi connectivity index (χ1n) is 6.98. The summed E-state index contributed by atoms with van der Waals surface area (Å²) in [6.45, 7) is 4.86. The lowest BCUT2D eigenvalue weighted by Gasteiger charge is -2.15. The molecule has 1 aliphatic rings. The van der Waals surface area contributed by atoms with Crippen LogP contribution in [0.15, 0.2) is 34.8 Å². The van der Waals surface area contributed by atoms with Gasteiger partial charge in [0.2, 0.25) is 0 Å². The fraction of sp³-hybridized carbons (Fsp3) is 0.294. The van der Waals surface area contributed by atoms with E-state index in [4.69, 9.17) is 16.3 Å². The molecule has 21 heavy (non-hydrogen) atoms. The van der Waals surface area contributed by atoms with Crippen LogP contribution in [0.4, 0.5) is 5.69 Å². The lowest BCUT2D eigenvalue weighted by atomic mass is 10.1. The molecule has 0 amide bonds. The third-order valence-electron chi connectivity index (χ3n) is 3.73. The number of hydrogen-bond donors (Lipinski definition) is 1. The molecule has 0 bridgehead atoms. The Bertz CT molecular complexity index is 687. The van der Waals surface area contributed by atoms with Crippen LogP contribution in [0.1, 0.15) is 16.7 Å². The van der Waals surface area contributed by atoms with Crippen molar-refractivity contribution in [2.45, 2.75) is 26.4 Å². The van der Waals surface area contributed by atoms with Gasteiger partial charge in [0.05, 0.1) is 12.2 Å². The van der Waals surface area contributed by atoms with Crippen molar-refractivity contribution in [1.29, 1.82) is 0 Å². The number of rotatable bonds is 3. The van der Waals surface area contributed by atoms with Crippen molar-refractivity contribution in [2.24, 2.45) is 0 Å². The highest BCUT2D eigenvalue weighted by Gasteiger charge is 2.22. The summed E-state index contributed by atoms with van der Waals surface area (Å²) in [4.78, 5) is 0. The first kappa shape index (κ1) is 14.7. The molecule has 1 N–H and O–H groups in total. The van der Waals surface area contributed by atoms with Gasteiger partial charge in [-0.3, -0.25) is 0 Å². The summed E-state index contributed by atoms with van der Waals surface area (Å²) >= 11 is 9.75. The average molecular weight is 367 g/mol. The first-order valence-corrected chi connectivity index (χ1v) is 8.16. The van der Waals surface area contributed by atoms with E-state index in [2.05, 4.69) is 46.4 Å². The van der Waals surface area contributed by atoms with E-state index >= 15 is 0 Å². The molecule has 1 unspecified atom stereocenters. The Balaban J connectivity index is 1.66. The molecule has 0 aliphatic carbocycles. The highest BCUT2D eigenvalue weighted by atomic mass is 79.9. The predicted molar refractivity (Wildman–Crippen MR) is 91.7 cm³/mol. The summed E-state index contributed by atoms with van der Waals surface area (Å²) < 4.78 is 6.99. The molecule has 1 atom stereocenters. The van der Waals surface area contributed by atoms with Crippen LogP contribution in [0, 0.1) is 13.8 Å². The molecule has 2 aromatic carbocycles. The number of nitrogens with one attached hydrogen (secondary N) is 1. The highest BCUT2D eigenvalue weighted by Crippen LogP contribution is 2.32. The van der Waals surface area contributed by atoms with Crippen LogP contribution in [0.5, 0.6) is 5.75 Å². The lowest BCUT2D eigenvalue weighted by molar-refractivity contribution is 0.246. The molecule has 110 valence electrons. The number of aryl methyl sites for hydroxylation is 2. The van der Waals surface area contributed by atoms with Crippen molar-refractivity contribution in [2.75, 3.05) is 11.9 Å². The molecule has 2 nitrogen and oxygen atoms in total. The van der Waals surface area contributed by atoms with Crippen molar-refractivity contribution >= 4 is 33.2 Å². The number of anilines is 1. The number of ether oxygens (including phenoxy) is 1. The van der Waals surface area contributed by atoms with Gasteiger partial charge in [-0.2, -0.15) is 0 Å². The average Bonchev–Trinajstić information content (AvgIpc) is 2.83. The first-order chi connectivity index (χ1) is 10.0. The number of hydrogen-bond acceptors (Lipinski definition) is 2. The van der Waals surface area contributed by atoms with E-state index in [1.807, 2.05) is 19.1 Å². The van der Waals surface area contributed by atoms with Gasteiger partial charge < -0.3 is 10.1 Å². The third-order valence-corrected chi connectivity index (χ3v) is 4.79. The third kappa shape index (κ3) is 3.19. The van der Waals surface area contributed by atoms with Gasteiger partial charge in [-0.25, -0.2) is 0 Å². The van der Waals surface area contributed by atoms with Crippen LogP contribution >= 0.6 is 27.5 Å². The van der Waals surface area contributed by atoms with E-state index < -0.39 is 0 Å². The van der Waals surface area contributed by atoms with Crippen molar-refractivity contribution < 1.29 is 4.74 Å². The maximum Gasteiger partial charge on any atom is 0.123 e.